The Labute approximate surface area is 177 Å². The van der Waals surface area contributed by atoms with Gasteiger partial charge in [-0.3, -0.25) is 4.40 Å². The summed E-state index contributed by atoms with van der Waals surface area (Å²) in [7, 11) is 0. The number of imidazole rings is 1. The van der Waals surface area contributed by atoms with Gasteiger partial charge in [0.25, 0.3) is 0 Å². The van der Waals surface area contributed by atoms with Crippen molar-refractivity contribution >= 4 is 5.78 Å². The lowest BCUT2D eigenvalue weighted by molar-refractivity contribution is 0.0786. The highest BCUT2D eigenvalue weighted by Gasteiger charge is 2.16. The van der Waals surface area contributed by atoms with Gasteiger partial charge < -0.3 is 9.84 Å². The van der Waals surface area contributed by atoms with E-state index >= 15 is 0 Å². The SMILES string of the molecule is Cc1nc2ncc(-c3ccc(C(C)(C)O)cc3)n2cc1-c1ccc(OC(C)C)cc1. The van der Waals surface area contributed by atoms with E-state index in [4.69, 9.17) is 9.72 Å². The molecule has 0 atom stereocenters. The summed E-state index contributed by atoms with van der Waals surface area (Å²) in [6.07, 6.45) is 4.07. The third-order valence-electron chi connectivity index (χ3n) is 5.12. The summed E-state index contributed by atoms with van der Waals surface area (Å²) < 4.78 is 7.77. The fraction of sp³-hybridized carbons (Fsp3) is 0.280. The Bertz CT molecular complexity index is 1170. The first kappa shape index (κ1) is 20.1. The molecule has 4 aromatic rings. The number of aryl methyl sites for hydroxylation is 1. The molecule has 5 nitrogen and oxygen atoms in total. The molecule has 0 bridgehead atoms. The van der Waals surface area contributed by atoms with Crippen molar-refractivity contribution in [3.63, 3.8) is 0 Å². The maximum absolute atomic E-state index is 10.2. The molecule has 4 rings (SSSR count). The number of hydrogen-bond acceptors (Lipinski definition) is 4. The zero-order valence-corrected chi connectivity index (χ0v) is 18.0. The van der Waals surface area contributed by atoms with Gasteiger partial charge in [-0.05, 0) is 57.9 Å². The molecule has 0 aliphatic rings. The van der Waals surface area contributed by atoms with Crippen LogP contribution in [0.1, 0.15) is 39.0 Å². The third-order valence-corrected chi connectivity index (χ3v) is 5.12. The second-order valence-corrected chi connectivity index (χ2v) is 8.38. The minimum atomic E-state index is -0.866. The van der Waals surface area contributed by atoms with E-state index < -0.39 is 5.60 Å². The summed E-state index contributed by atoms with van der Waals surface area (Å²) in [6.45, 7) is 9.61. The van der Waals surface area contributed by atoms with E-state index in [9.17, 15) is 5.11 Å². The van der Waals surface area contributed by atoms with Gasteiger partial charge in [0, 0.05) is 17.3 Å². The van der Waals surface area contributed by atoms with E-state index in [1.165, 1.54) is 0 Å². The Morgan fingerprint density at radius 2 is 1.60 bits per heavy atom. The minimum absolute atomic E-state index is 0.145. The molecule has 0 aliphatic heterocycles. The van der Waals surface area contributed by atoms with Gasteiger partial charge in [-0.25, -0.2) is 9.97 Å². The van der Waals surface area contributed by atoms with Crippen molar-refractivity contribution in [3.05, 3.63) is 72.2 Å². The molecular formula is C25H27N3O2. The highest BCUT2D eigenvalue weighted by atomic mass is 16.5. The van der Waals surface area contributed by atoms with Crippen molar-refractivity contribution in [3.8, 4) is 28.1 Å². The standard InChI is InChI=1S/C25H27N3O2/c1-16(2)30-21-12-8-18(9-13-21)22-15-28-23(14-26-24(28)27-17(22)3)19-6-10-20(11-7-19)25(4,5)29/h6-16,29H,1-5H3. The molecule has 0 radical (unpaired) electrons. The van der Waals surface area contributed by atoms with Crippen LogP contribution in [-0.4, -0.2) is 25.6 Å². The lowest BCUT2D eigenvalue weighted by Gasteiger charge is -2.17. The number of rotatable bonds is 5. The molecule has 0 saturated carbocycles. The zero-order chi connectivity index (χ0) is 21.5. The minimum Gasteiger partial charge on any atom is -0.491 e. The lowest BCUT2D eigenvalue weighted by atomic mass is 9.97. The van der Waals surface area contributed by atoms with Crippen LogP contribution in [0.2, 0.25) is 0 Å². The quantitative estimate of drug-likeness (QED) is 0.487. The monoisotopic (exact) mass is 401 g/mol. The fourth-order valence-electron chi connectivity index (χ4n) is 3.52. The number of aliphatic hydroxyl groups is 1. The van der Waals surface area contributed by atoms with Crippen molar-refractivity contribution < 1.29 is 9.84 Å². The Morgan fingerprint density at radius 3 is 2.20 bits per heavy atom. The smallest absolute Gasteiger partial charge is 0.234 e. The molecule has 154 valence electrons. The van der Waals surface area contributed by atoms with Crippen LogP contribution in [0.25, 0.3) is 28.2 Å². The average molecular weight is 402 g/mol. The highest BCUT2D eigenvalue weighted by Crippen LogP contribution is 2.29. The molecule has 0 unspecified atom stereocenters. The Hall–Kier alpha value is -3.18. The molecule has 30 heavy (non-hydrogen) atoms. The van der Waals surface area contributed by atoms with Crippen LogP contribution >= 0.6 is 0 Å². The van der Waals surface area contributed by atoms with Crippen LogP contribution in [0.4, 0.5) is 0 Å². The average Bonchev–Trinajstić information content (AvgIpc) is 3.09. The molecule has 1 N–H and O–H groups in total. The summed E-state index contributed by atoms with van der Waals surface area (Å²) in [6, 6.07) is 16.0. The van der Waals surface area contributed by atoms with Crippen LogP contribution in [0, 0.1) is 6.92 Å². The molecular weight excluding hydrogens is 374 g/mol. The summed E-state index contributed by atoms with van der Waals surface area (Å²) in [5, 5.41) is 10.2. The maximum Gasteiger partial charge on any atom is 0.234 e. The van der Waals surface area contributed by atoms with E-state index in [0.717, 1.165) is 39.4 Å². The Balaban J connectivity index is 1.74. The second-order valence-electron chi connectivity index (χ2n) is 8.38. The van der Waals surface area contributed by atoms with Gasteiger partial charge in [-0.2, -0.15) is 0 Å². The molecule has 2 aromatic carbocycles. The molecule has 0 spiro atoms. The van der Waals surface area contributed by atoms with Gasteiger partial charge in [-0.1, -0.05) is 36.4 Å². The van der Waals surface area contributed by atoms with Gasteiger partial charge in [-0.15, -0.1) is 0 Å². The molecule has 0 aliphatic carbocycles. The van der Waals surface area contributed by atoms with Crippen LogP contribution in [0.3, 0.4) is 0 Å². The van der Waals surface area contributed by atoms with Crippen molar-refractivity contribution in [2.24, 2.45) is 0 Å². The Kier molecular flexibility index (Phi) is 5.08. The van der Waals surface area contributed by atoms with Crippen molar-refractivity contribution in [2.45, 2.75) is 46.3 Å². The first-order valence-corrected chi connectivity index (χ1v) is 10.2. The van der Waals surface area contributed by atoms with Crippen LogP contribution < -0.4 is 4.74 Å². The molecule has 0 amide bonds. The van der Waals surface area contributed by atoms with Crippen LogP contribution in [0.5, 0.6) is 5.75 Å². The molecule has 5 heteroatoms. The number of fused-ring (bicyclic) bond motifs is 1. The summed E-state index contributed by atoms with van der Waals surface area (Å²) in [5.74, 6) is 1.52. The van der Waals surface area contributed by atoms with Gasteiger partial charge in [0.05, 0.1) is 29.3 Å². The molecule has 2 heterocycles. The number of aromatic nitrogens is 3. The summed E-state index contributed by atoms with van der Waals surface area (Å²) >= 11 is 0. The maximum atomic E-state index is 10.2. The lowest BCUT2D eigenvalue weighted by Crippen LogP contribution is -2.14. The number of ether oxygens (including phenoxy) is 1. The van der Waals surface area contributed by atoms with E-state index in [1.54, 1.807) is 13.8 Å². The zero-order valence-electron chi connectivity index (χ0n) is 18.0. The number of nitrogens with zero attached hydrogens (tertiary/aromatic N) is 3. The third kappa shape index (κ3) is 3.94. The number of hydrogen-bond donors (Lipinski definition) is 1. The van der Waals surface area contributed by atoms with E-state index in [0.29, 0.717) is 5.78 Å². The van der Waals surface area contributed by atoms with Gasteiger partial charge in [0.15, 0.2) is 0 Å². The van der Waals surface area contributed by atoms with Crippen molar-refractivity contribution in [1.82, 2.24) is 14.4 Å². The predicted molar refractivity (Wildman–Crippen MR) is 120 cm³/mol. The van der Waals surface area contributed by atoms with Crippen molar-refractivity contribution in [1.29, 1.82) is 0 Å². The van der Waals surface area contributed by atoms with E-state index in [-0.39, 0.29) is 6.10 Å². The predicted octanol–water partition coefficient (Wildman–Crippen LogP) is 5.39. The van der Waals surface area contributed by atoms with Crippen molar-refractivity contribution in [2.75, 3.05) is 0 Å². The van der Waals surface area contributed by atoms with E-state index in [1.807, 2.05) is 67.8 Å². The normalized spacial score (nSPS) is 12.0. The molecule has 0 saturated heterocycles. The topological polar surface area (TPSA) is 59.7 Å². The Morgan fingerprint density at radius 1 is 0.967 bits per heavy atom. The highest BCUT2D eigenvalue weighted by molar-refractivity contribution is 5.69. The van der Waals surface area contributed by atoms with Crippen LogP contribution in [-0.2, 0) is 5.60 Å². The van der Waals surface area contributed by atoms with E-state index in [2.05, 4.69) is 23.3 Å². The first-order chi connectivity index (χ1) is 14.2. The number of benzene rings is 2. The fourth-order valence-corrected chi connectivity index (χ4v) is 3.52. The summed E-state index contributed by atoms with van der Waals surface area (Å²) in [4.78, 5) is 9.20. The van der Waals surface area contributed by atoms with Gasteiger partial charge in [0.2, 0.25) is 5.78 Å². The largest absolute Gasteiger partial charge is 0.491 e. The molecule has 0 fully saturated rings. The first-order valence-electron chi connectivity index (χ1n) is 10.2. The second kappa shape index (κ2) is 7.58. The summed E-state index contributed by atoms with van der Waals surface area (Å²) in [5.41, 5.74) is 5.04. The van der Waals surface area contributed by atoms with Gasteiger partial charge in [0.1, 0.15) is 5.75 Å². The van der Waals surface area contributed by atoms with Crippen LogP contribution in [0.15, 0.2) is 60.9 Å². The molecule has 2 aromatic heterocycles. The van der Waals surface area contributed by atoms with Gasteiger partial charge >= 0.3 is 0 Å².